The van der Waals surface area contributed by atoms with E-state index in [1.54, 1.807) is 7.11 Å². The fourth-order valence-electron chi connectivity index (χ4n) is 1.06. The molecule has 0 aromatic carbocycles. The Kier molecular flexibility index (Phi) is 6.10. The van der Waals surface area contributed by atoms with Crippen LogP contribution in [0.4, 0.5) is 0 Å². The summed E-state index contributed by atoms with van der Waals surface area (Å²) in [4.78, 5) is 0. The molecule has 0 radical (unpaired) electrons. The quantitative estimate of drug-likeness (QED) is 0.547. The highest BCUT2D eigenvalue weighted by Crippen LogP contribution is 1.97. The third kappa shape index (κ3) is 5.21. The van der Waals surface area contributed by atoms with Crippen LogP contribution in [0.15, 0.2) is 0 Å². The van der Waals surface area contributed by atoms with Crippen LogP contribution in [0.1, 0.15) is 6.42 Å². The van der Waals surface area contributed by atoms with E-state index >= 15 is 0 Å². The Morgan fingerprint density at radius 3 is 2.62 bits per heavy atom. The lowest BCUT2D eigenvalue weighted by Gasteiger charge is -2.26. The summed E-state index contributed by atoms with van der Waals surface area (Å²) < 4.78 is 15.7. The van der Waals surface area contributed by atoms with Crippen molar-refractivity contribution in [1.82, 2.24) is 5.32 Å². The molecule has 13 heavy (non-hydrogen) atoms. The highest BCUT2D eigenvalue weighted by Gasteiger charge is 2.15. The molecule has 1 heterocycles. The Balaban J connectivity index is 1.68. The molecule has 0 bridgehead atoms. The molecular weight excluding hydrogens is 170 g/mol. The molecule has 4 heteroatoms. The Bertz CT molecular complexity index is 117. The molecule has 1 N–H and O–H groups in total. The van der Waals surface area contributed by atoms with Gasteiger partial charge < -0.3 is 19.5 Å². The van der Waals surface area contributed by atoms with Gasteiger partial charge in [0.25, 0.3) is 0 Å². The van der Waals surface area contributed by atoms with Crippen LogP contribution in [0.3, 0.4) is 0 Å². The van der Waals surface area contributed by atoms with Gasteiger partial charge in [-0.2, -0.15) is 0 Å². The third-order valence-electron chi connectivity index (χ3n) is 1.96. The van der Waals surface area contributed by atoms with Crippen LogP contribution < -0.4 is 5.32 Å². The lowest BCUT2D eigenvalue weighted by atomic mass is 10.2. The first-order valence-corrected chi connectivity index (χ1v) is 4.82. The highest BCUT2D eigenvalue weighted by atomic mass is 16.5. The van der Waals surface area contributed by atoms with Gasteiger partial charge >= 0.3 is 0 Å². The fraction of sp³-hybridized carbons (Fsp3) is 1.00. The molecular formula is C9H19NO3. The predicted octanol–water partition coefficient (Wildman–Crippen LogP) is 0.0279. The minimum absolute atomic E-state index is 0.419. The zero-order chi connectivity index (χ0) is 9.36. The van der Waals surface area contributed by atoms with Crippen LogP contribution in [-0.2, 0) is 14.2 Å². The summed E-state index contributed by atoms with van der Waals surface area (Å²) in [5, 5.41) is 3.15. The van der Waals surface area contributed by atoms with E-state index < -0.39 is 0 Å². The maximum absolute atomic E-state index is 5.47. The zero-order valence-corrected chi connectivity index (χ0v) is 8.25. The fourth-order valence-corrected chi connectivity index (χ4v) is 1.06. The molecule has 0 aromatic heterocycles. The minimum atomic E-state index is 0.419. The van der Waals surface area contributed by atoms with Gasteiger partial charge in [-0.3, -0.25) is 0 Å². The van der Waals surface area contributed by atoms with Crippen LogP contribution in [0.5, 0.6) is 0 Å². The first kappa shape index (κ1) is 10.9. The molecule has 0 aromatic rings. The number of rotatable bonds is 8. The molecule has 78 valence electrons. The molecule has 0 saturated carbocycles. The van der Waals surface area contributed by atoms with Crippen molar-refractivity contribution in [2.75, 3.05) is 46.6 Å². The second-order valence-corrected chi connectivity index (χ2v) is 3.11. The predicted molar refractivity (Wildman–Crippen MR) is 49.9 cm³/mol. The van der Waals surface area contributed by atoms with E-state index in [1.165, 1.54) is 0 Å². The lowest BCUT2D eigenvalue weighted by molar-refractivity contribution is -0.0187. The molecule has 1 rings (SSSR count). The number of nitrogens with one attached hydrogen (secondary N) is 1. The average Bonchev–Trinajstić information content (AvgIpc) is 2.07. The van der Waals surface area contributed by atoms with Gasteiger partial charge in [-0.15, -0.1) is 0 Å². The van der Waals surface area contributed by atoms with Crippen molar-refractivity contribution in [3.05, 3.63) is 0 Å². The Hall–Kier alpha value is -0.160. The molecule has 1 aliphatic heterocycles. The van der Waals surface area contributed by atoms with E-state index in [4.69, 9.17) is 14.2 Å². The standard InChI is InChI=1S/C9H19NO3/c1-11-3-2-4-12-5-6-13-9-7-10-8-9/h9-10H,2-8H2,1H3. The smallest absolute Gasteiger partial charge is 0.0824 e. The van der Waals surface area contributed by atoms with Gasteiger partial charge in [0.2, 0.25) is 0 Å². The van der Waals surface area contributed by atoms with E-state index in [2.05, 4.69) is 5.32 Å². The van der Waals surface area contributed by atoms with Gasteiger partial charge in [-0.1, -0.05) is 0 Å². The van der Waals surface area contributed by atoms with Crippen molar-refractivity contribution < 1.29 is 14.2 Å². The zero-order valence-electron chi connectivity index (χ0n) is 8.25. The maximum Gasteiger partial charge on any atom is 0.0824 e. The van der Waals surface area contributed by atoms with Gasteiger partial charge in [0.15, 0.2) is 0 Å². The van der Waals surface area contributed by atoms with Crippen molar-refractivity contribution in [2.24, 2.45) is 0 Å². The summed E-state index contributed by atoms with van der Waals surface area (Å²) in [5.41, 5.74) is 0. The Morgan fingerprint density at radius 2 is 2.00 bits per heavy atom. The first-order chi connectivity index (χ1) is 6.43. The van der Waals surface area contributed by atoms with Crippen molar-refractivity contribution in [3.8, 4) is 0 Å². The molecule has 0 amide bonds. The van der Waals surface area contributed by atoms with Crippen molar-refractivity contribution in [1.29, 1.82) is 0 Å². The van der Waals surface area contributed by atoms with Gasteiger partial charge in [-0.25, -0.2) is 0 Å². The van der Waals surface area contributed by atoms with Crippen LogP contribution >= 0.6 is 0 Å². The summed E-state index contributed by atoms with van der Waals surface area (Å²) in [6, 6.07) is 0. The van der Waals surface area contributed by atoms with E-state index in [-0.39, 0.29) is 0 Å². The second-order valence-electron chi connectivity index (χ2n) is 3.11. The number of ether oxygens (including phenoxy) is 3. The summed E-state index contributed by atoms with van der Waals surface area (Å²) in [5.74, 6) is 0. The van der Waals surface area contributed by atoms with E-state index in [0.29, 0.717) is 19.3 Å². The Morgan fingerprint density at radius 1 is 1.15 bits per heavy atom. The van der Waals surface area contributed by atoms with E-state index in [1.807, 2.05) is 0 Å². The second kappa shape index (κ2) is 7.26. The number of hydrogen-bond acceptors (Lipinski definition) is 4. The molecule has 1 saturated heterocycles. The third-order valence-corrected chi connectivity index (χ3v) is 1.96. The largest absolute Gasteiger partial charge is 0.385 e. The highest BCUT2D eigenvalue weighted by molar-refractivity contribution is 4.74. The van der Waals surface area contributed by atoms with Crippen LogP contribution in [0, 0.1) is 0 Å². The molecule has 4 nitrogen and oxygen atoms in total. The van der Waals surface area contributed by atoms with Crippen molar-refractivity contribution in [3.63, 3.8) is 0 Å². The summed E-state index contributed by atoms with van der Waals surface area (Å²) >= 11 is 0. The average molecular weight is 189 g/mol. The van der Waals surface area contributed by atoms with Crippen LogP contribution in [0.2, 0.25) is 0 Å². The normalized spacial score (nSPS) is 17.3. The van der Waals surface area contributed by atoms with E-state index in [0.717, 1.165) is 32.7 Å². The molecule has 1 aliphatic rings. The van der Waals surface area contributed by atoms with Crippen LogP contribution in [-0.4, -0.2) is 52.7 Å². The van der Waals surface area contributed by atoms with Gasteiger partial charge in [0, 0.05) is 33.4 Å². The Labute approximate surface area is 79.5 Å². The molecule has 1 fully saturated rings. The van der Waals surface area contributed by atoms with Gasteiger partial charge in [0.05, 0.1) is 19.3 Å². The topological polar surface area (TPSA) is 39.7 Å². The SMILES string of the molecule is COCCCOCCOC1CNC1. The van der Waals surface area contributed by atoms with E-state index in [9.17, 15) is 0 Å². The molecule has 0 aliphatic carbocycles. The summed E-state index contributed by atoms with van der Waals surface area (Å²) in [6.07, 6.45) is 1.38. The number of methoxy groups -OCH3 is 1. The minimum Gasteiger partial charge on any atom is -0.385 e. The number of hydrogen-bond donors (Lipinski definition) is 1. The van der Waals surface area contributed by atoms with Crippen molar-refractivity contribution >= 4 is 0 Å². The molecule has 0 spiro atoms. The lowest BCUT2D eigenvalue weighted by Crippen LogP contribution is -2.48. The molecule has 0 unspecified atom stereocenters. The van der Waals surface area contributed by atoms with Gasteiger partial charge in [0.1, 0.15) is 0 Å². The summed E-state index contributed by atoms with van der Waals surface area (Å²) in [7, 11) is 1.70. The van der Waals surface area contributed by atoms with Crippen molar-refractivity contribution in [2.45, 2.75) is 12.5 Å². The first-order valence-electron chi connectivity index (χ1n) is 4.82. The molecule has 0 atom stereocenters. The maximum atomic E-state index is 5.47. The summed E-state index contributed by atoms with van der Waals surface area (Å²) in [6.45, 7) is 4.92. The van der Waals surface area contributed by atoms with Crippen LogP contribution in [0.25, 0.3) is 0 Å². The van der Waals surface area contributed by atoms with Gasteiger partial charge in [-0.05, 0) is 6.42 Å². The monoisotopic (exact) mass is 189 g/mol.